The molecule has 0 atom stereocenters. The first-order valence-corrected chi connectivity index (χ1v) is 6.45. The van der Waals surface area contributed by atoms with Crippen molar-refractivity contribution in [1.29, 1.82) is 0 Å². The second kappa shape index (κ2) is 6.76. The lowest BCUT2D eigenvalue weighted by molar-refractivity contribution is 0.290. The molecule has 2 aromatic carbocycles. The molecule has 2 heteroatoms. The number of aliphatic hydroxyl groups excluding tert-OH is 1. The molecule has 0 aromatic heterocycles. The van der Waals surface area contributed by atoms with E-state index in [1.54, 1.807) is 12.1 Å². The monoisotopic (exact) mass is 254 g/mol. The molecular formula is C17H18O2. The number of allylic oxidation sites excluding steroid dienone is 1. The van der Waals surface area contributed by atoms with Gasteiger partial charge in [-0.3, -0.25) is 0 Å². The van der Waals surface area contributed by atoms with Crippen LogP contribution in [-0.4, -0.2) is 16.8 Å². The van der Waals surface area contributed by atoms with E-state index >= 15 is 0 Å². The van der Waals surface area contributed by atoms with Crippen molar-refractivity contribution in [3.63, 3.8) is 0 Å². The van der Waals surface area contributed by atoms with Gasteiger partial charge in [-0.1, -0.05) is 48.5 Å². The van der Waals surface area contributed by atoms with Crippen molar-refractivity contribution in [2.24, 2.45) is 0 Å². The van der Waals surface area contributed by atoms with E-state index in [2.05, 4.69) is 18.2 Å². The smallest absolute Gasteiger partial charge is 0.116 e. The molecule has 0 spiro atoms. The third kappa shape index (κ3) is 3.97. The van der Waals surface area contributed by atoms with Gasteiger partial charge < -0.3 is 10.2 Å². The van der Waals surface area contributed by atoms with Gasteiger partial charge in [-0.25, -0.2) is 0 Å². The van der Waals surface area contributed by atoms with Crippen molar-refractivity contribution in [2.45, 2.75) is 12.8 Å². The van der Waals surface area contributed by atoms with Crippen LogP contribution in [-0.2, 0) is 0 Å². The summed E-state index contributed by atoms with van der Waals surface area (Å²) in [4.78, 5) is 0. The number of aromatic hydroxyl groups is 1. The fourth-order valence-electron chi connectivity index (χ4n) is 2.04. The Morgan fingerprint density at radius 1 is 1.00 bits per heavy atom. The molecule has 0 amide bonds. The van der Waals surface area contributed by atoms with Crippen LogP contribution in [0.1, 0.15) is 24.0 Å². The Morgan fingerprint density at radius 2 is 1.79 bits per heavy atom. The maximum absolute atomic E-state index is 9.50. The summed E-state index contributed by atoms with van der Waals surface area (Å²) in [7, 11) is 0. The summed E-state index contributed by atoms with van der Waals surface area (Å²) in [6, 6.07) is 17.3. The first-order valence-electron chi connectivity index (χ1n) is 6.45. The summed E-state index contributed by atoms with van der Waals surface area (Å²) in [6.45, 7) is 0.185. The lowest BCUT2D eigenvalue weighted by Gasteiger charge is -2.07. The van der Waals surface area contributed by atoms with Gasteiger partial charge in [-0.05, 0) is 41.7 Å². The third-order valence-electron chi connectivity index (χ3n) is 2.96. The van der Waals surface area contributed by atoms with Crippen molar-refractivity contribution in [3.8, 4) is 5.75 Å². The normalized spacial score (nSPS) is 11.5. The van der Waals surface area contributed by atoms with Gasteiger partial charge in [0.05, 0.1) is 0 Å². The number of aliphatic hydroxyl groups is 1. The zero-order valence-electron chi connectivity index (χ0n) is 10.8. The molecule has 98 valence electrons. The van der Waals surface area contributed by atoms with E-state index in [-0.39, 0.29) is 12.4 Å². The highest BCUT2D eigenvalue weighted by atomic mass is 16.3. The minimum atomic E-state index is 0.185. The predicted molar refractivity (Wildman–Crippen MR) is 78.7 cm³/mol. The molecule has 2 aromatic rings. The molecule has 19 heavy (non-hydrogen) atoms. The van der Waals surface area contributed by atoms with E-state index in [4.69, 9.17) is 5.11 Å². The fourth-order valence-corrected chi connectivity index (χ4v) is 2.04. The lowest BCUT2D eigenvalue weighted by Crippen LogP contribution is -1.88. The highest BCUT2D eigenvalue weighted by Gasteiger charge is 2.02. The Morgan fingerprint density at radius 3 is 2.47 bits per heavy atom. The standard InChI is InChI=1S/C17H18O2/c18-11-5-9-16(15-7-2-1-3-8-15)12-14-6-4-10-17(19)13-14/h1-4,6-8,10,12-13,18-19H,5,9,11H2/b16-12+. The number of rotatable bonds is 5. The number of benzene rings is 2. The average molecular weight is 254 g/mol. The SMILES string of the molecule is OCCC/C(=C\c1cccc(O)c1)c1ccccc1. The number of phenolic OH excluding ortho intramolecular Hbond substituents is 1. The van der Waals surface area contributed by atoms with Crippen molar-refractivity contribution >= 4 is 11.6 Å². The minimum Gasteiger partial charge on any atom is -0.508 e. The molecule has 0 bridgehead atoms. The Hall–Kier alpha value is -2.06. The molecule has 0 fully saturated rings. The maximum Gasteiger partial charge on any atom is 0.116 e. The number of phenols is 1. The topological polar surface area (TPSA) is 40.5 Å². The van der Waals surface area contributed by atoms with Crippen LogP contribution in [0.4, 0.5) is 0 Å². The molecule has 0 aliphatic rings. The van der Waals surface area contributed by atoms with Gasteiger partial charge in [0.25, 0.3) is 0 Å². The van der Waals surface area contributed by atoms with Crippen LogP contribution in [0.5, 0.6) is 5.75 Å². The van der Waals surface area contributed by atoms with Gasteiger partial charge in [0.2, 0.25) is 0 Å². The molecule has 0 heterocycles. The summed E-state index contributed by atoms with van der Waals surface area (Å²) in [5.41, 5.74) is 3.29. The first-order chi connectivity index (χ1) is 9.29. The van der Waals surface area contributed by atoms with Gasteiger partial charge in [0.15, 0.2) is 0 Å². The summed E-state index contributed by atoms with van der Waals surface area (Å²) < 4.78 is 0. The van der Waals surface area contributed by atoms with Crippen LogP contribution >= 0.6 is 0 Å². The summed E-state index contributed by atoms with van der Waals surface area (Å²) in [5.74, 6) is 0.267. The molecule has 0 aliphatic carbocycles. The zero-order chi connectivity index (χ0) is 13.5. The van der Waals surface area contributed by atoms with Crippen molar-refractivity contribution in [1.82, 2.24) is 0 Å². The van der Waals surface area contributed by atoms with Crippen LogP contribution in [0.3, 0.4) is 0 Å². The summed E-state index contributed by atoms with van der Waals surface area (Å²) in [6.07, 6.45) is 3.61. The van der Waals surface area contributed by atoms with Gasteiger partial charge >= 0.3 is 0 Å². The molecule has 0 unspecified atom stereocenters. The lowest BCUT2D eigenvalue weighted by atomic mass is 9.98. The highest BCUT2D eigenvalue weighted by Crippen LogP contribution is 2.24. The molecule has 2 rings (SSSR count). The summed E-state index contributed by atoms with van der Waals surface area (Å²) in [5, 5.41) is 18.5. The zero-order valence-corrected chi connectivity index (χ0v) is 10.8. The van der Waals surface area contributed by atoms with E-state index in [9.17, 15) is 5.11 Å². The van der Waals surface area contributed by atoms with Gasteiger partial charge in [-0.15, -0.1) is 0 Å². The molecule has 0 saturated carbocycles. The maximum atomic E-state index is 9.50. The van der Waals surface area contributed by atoms with Crippen LogP contribution in [0.15, 0.2) is 54.6 Å². The van der Waals surface area contributed by atoms with Crippen LogP contribution in [0, 0.1) is 0 Å². The third-order valence-corrected chi connectivity index (χ3v) is 2.96. The molecular weight excluding hydrogens is 236 g/mol. The second-order valence-electron chi connectivity index (χ2n) is 4.46. The van der Waals surface area contributed by atoms with Gasteiger partial charge in [0.1, 0.15) is 5.75 Å². The van der Waals surface area contributed by atoms with Crippen LogP contribution < -0.4 is 0 Å². The molecule has 0 radical (unpaired) electrons. The Balaban J connectivity index is 2.32. The predicted octanol–water partition coefficient (Wildman–Crippen LogP) is 3.71. The van der Waals surface area contributed by atoms with Crippen LogP contribution in [0.25, 0.3) is 11.6 Å². The average Bonchev–Trinajstić information content (AvgIpc) is 2.44. The van der Waals surface area contributed by atoms with E-state index in [0.717, 1.165) is 24.0 Å². The quantitative estimate of drug-likeness (QED) is 0.799. The fraction of sp³-hybridized carbons (Fsp3) is 0.176. The van der Waals surface area contributed by atoms with Crippen molar-refractivity contribution in [3.05, 3.63) is 65.7 Å². The second-order valence-corrected chi connectivity index (χ2v) is 4.46. The van der Waals surface area contributed by atoms with Crippen LogP contribution in [0.2, 0.25) is 0 Å². The van der Waals surface area contributed by atoms with Gasteiger partial charge in [-0.2, -0.15) is 0 Å². The van der Waals surface area contributed by atoms with E-state index < -0.39 is 0 Å². The van der Waals surface area contributed by atoms with Crippen molar-refractivity contribution < 1.29 is 10.2 Å². The molecule has 0 saturated heterocycles. The Labute approximate surface area is 113 Å². The van der Waals surface area contributed by atoms with E-state index in [1.165, 1.54) is 5.57 Å². The van der Waals surface area contributed by atoms with Gasteiger partial charge in [0, 0.05) is 6.61 Å². The Bertz CT molecular complexity index is 544. The molecule has 2 N–H and O–H groups in total. The number of hydrogen-bond donors (Lipinski definition) is 2. The van der Waals surface area contributed by atoms with E-state index in [1.807, 2.05) is 30.3 Å². The largest absolute Gasteiger partial charge is 0.508 e. The highest BCUT2D eigenvalue weighted by molar-refractivity contribution is 5.81. The summed E-state index contributed by atoms with van der Waals surface area (Å²) >= 11 is 0. The Kier molecular flexibility index (Phi) is 4.76. The number of hydrogen-bond acceptors (Lipinski definition) is 2. The van der Waals surface area contributed by atoms with E-state index in [0.29, 0.717) is 0 Å². The molecule has 2 nitrogen and oxygen atoms in total. The van der Waals surface area contributed by atoms with Crippen molar-refractivity contribution in [2.75, 3.05) is 6.61 Å². The molecule has 0 aliphatic heterocycles. The first kappa shape index (κ1) is 13.4. The minimum absolute atomic E-state index is 0.185.